The summed E-state index contributed by atoms with van der Waals surface area (Å²) >= 11 is -4.73. The van der Waals surface area contributed by atoms with Gasteiger partial charge in [-0.25, -0.2) is 0 Å². The molecular weight excluding hydrogens is 550 g/mol. The first-order valence-electron chi connectivity index (χ1n) is 12.9. The zero-order chi connectivity index (χ0) is 23.3. The number of non-ortho nitro benzene ring substituents is 1. The van der Waals surface area contributed by atoms with Crippen LogP contribution < -0.4 is 0 Å². The summed E-state index contributed by atoms with van der Waals surface area (Å²) in [6.07, 6.45) is 7.85. The molecule has 0 unspecified atom stereocenters. The molecule has 0 aromatic heterocycles. The Morgan fingerprint density at radius 2 is 1.26 bits per heavy atom. The van der Waals surface area contributed by atoms with Gasteiger partial charge in [-0.05, 0) is 0 Å². The number of nitrogens with zero attached hydrogens (tertiary/aromatic N) is 1. The van der Waals surface area contributed by atoms with Gasteiger partial charge in [-0.1, -0.05) is 0 Å². The second-order valence-electron chi connectivity index (χ2n) is 9.38. The molecule has 0 bridgehead atoms. The van der Waals surface area contributed by atoms with Crippen LogP contribution in [0.3, 0.4) is 0 Å². The molecule has 0 aliphatic rings. The predicted octanol–water partition coefficient (Wildman–Crippen LogP) is 9.41. The summed E-state index contributed by atoms with van der Waals surface area (Å²) in [6, 6.07) is 7.68. The molecule has 0 N–H and O–H groups in total. The number of hydrogen-bond acceptors (Lipinski definition) is 2. The standard InChI is InChI=1S/C14H20GeNO2.3C4H9.Sn/c1-4-15(5-2,6-3)12-11-13-7-9-14(10-8-13)16(17)18;3*1-3-4-2;/h7-10,12H,4-6H2,1-3H3;3*1,3-4H2,2H3;. The fraction of sp³-hybridized carbons (Fsp3) is 0.692. The minimum atomic E-state index is -2.66. The Morgan fingerprint density at radius 3 is 1.58 bits per heavy atom. The maximum absolute atomic E-state index is 11.3. The van der Waals surface area contributed by atoms with Crippen LogP contribution in [0.25, 0.3) is 3.59 Å². The summed E-state index contributed by atoms with van der Waals surface area (Å²) in [6.45, 7) is 14.2. The maximum atomic E-state index is 11.3. The molecule has 0 spiro atoms. The Hall–Kier alpha value is -0.298. The van der Waals surface area contributed by atoms with Crippen LogP contribution in [0.2, 0.25) is 29.1 Å². The van der Waals surface area contributed by atoms with Crippen molar-refractivity contribution in [3.05, 3.63) is 44.9 Å². The third-order valence-corrected chi connectivity index (χ3v) is 35.8. The van der Waals surface area contributed by atoms with Gasteiger partial charge < -0.3 is 0 Å². The molecule has 0 fully saturated rings. The van der Waals surface area contributed by atoms with Crippen molar-refractivity contribution in [2.45, 2.75) is 109 Å². The van der Waals surface area contributed by atoms with Gasteiger partial charge in [0.2, 0.25) is 0 Å². The first kappa shape index (κ1) is 28.7. The zero-order valence-electron chi connectivity index (χ0n) is 21.1. The molecule has 0 saturated heterocycles. The van der Waals surface area contributed by atoms with Gasteiger partial charge in [0.15, 0.2) is 0 Å². The van der Waals surface area contributed by atoms with Gasteiger partial charge in [0, 0.05) is 0 Å². The van der Waals surface area contributed by atoms with E-state index in [1.165, 1.54) is 73.2 Å². The van der Waals surface area contributed by atoms with Crippen molar-refractivity contribution in [1.29, 1.82) is 0 Å². The van der Waals surface area contributed by atoms with Crippen LogP contribution in [-0.4, -0.2) is 36.6 Å². The monoisotopic (exact) mass is 599 g/mol. The minimum absolute atomic E-state index is 0.217. The van der Waals surface area contributed by atoms with Gasteiger partial charge in [0.1, 0.15) is 0 Å². The summed E-state index contributed by atoms with van der Waals surface area (Å²) in [5.41, 5.74) is 1.55. The summed E-state index contributed by atoms with van der Waals surface area (Å²) < 4.78 is 6.10. The molecule has 0 aliphatic carbocycles. The summed E-state index contributed by atoms with van der Waals surface area (Å²) in [5, 5.41) is 15.3. The molecule has 176 valence electrons. The van der Waals surface area contributed by atoms with Crippen molar-refractivity contribution >= 4 is 40.9 Å². The second-order valence-corrected chi connectivity index (χ2v) is 33.3. The molecule has 0 saturated carbocycles. The first-order valence-corrected chi connectivity index (χ1v) is 26.0. The van der Waals surface area contributed by atoms with E-state index in [1.807, 2.05) is 0 Å². The Balaban J connectivity index is 3.74. The van der Waals surface area contributed by atoms with Gasteiger partial charge in [-0.2, -0.15) is 0 Å². The molecule has 0 radical (unpaired) electrons. The zero-order valence-corrected chi connectivity index (χ0v) is 26.1. The molecule has 3 nitrogen and oxygen atoms in total. The molecule has 1 rings (SSSR count). The number of unbranched alkanes of at least 4 members (excludes halogenated alkanes) is 3. The Kier molecular flexibility index (Phi) is 13.7. The molecule has 0 atom stereocenters. The van der Waals surface area contributed by atoms with Crippen molar-refractivity contribution in [3.63, 3.8) is 0 Å². The van der Waals surface area contributed by atoms with Crippen LogP contribution in [0.4, 0.5) is 5.69 Å². The molecular formula is C26H47GeNO2Sn. The van der Waals surface area contributed by atoms with Crippen molar-refractivity contribution in [2.75, 3.05) is 0 Å². The van der Waals surface area contributed by atoms with E-state index in [2.05, 4.69) is 58.6 Å². The van der Waals surface area contributed by atoms with Crippen LogP contribution in [0.1, 0.15) is 85.6 Å². The third-order valence-electron chi connectivity index (χ3n) is 7.55. The molecule has 0 amide bonds. The quantitative estimate of drug-likeness (QED) is 0.108. The molecule has 0 heterocycles. The van der Waals surface area contributed by atoms with Gasteiger partial charge in [0.05, 0.1) is 0 Å². The van der Waals surface area contributed by atoms with Gasteiger partial charge >= 0.3 is 200 Å². The number of nitro groups is 1. The van der Waals surface area contributed by atoms with Crippen LogP contribution in [0, 0.1) is 10.1 Å². The van der Waals surface area contributed by atoms with Crippen molar-refractivity contribution in [2.24, 2.45) is 0 Å². The number of nitro benzene ring substituents is 1. The molecule has 1 aromatic carbocycles. The van der Waals surface area contributed by atoms with E-state index in [0.29, 0.717) is 0 Å². The normalized spacial score (nSPS) is 12.9. The van der Waals surface area contributed by atoms with Gasteiger partial charge in [-0.15, -0.1) is 0 Å². The fourth-order valence-corrected chi connectivity index (χ4v) is 36.3. The van der Waals surface area contributed by atoms with E-state index in [0.717, 1.165) is 0 Å². The SMILES string of the molecule is CCC[CH2][Sn]([CH2]CCC)([CH2]CCC)/[C](=[CH]\[Ge]([CH2]C)([CH2]C)[CH2]C)c1ccc([N+](=O)[O-])cc1. The molecule has 0 aliphatic heterocycles. The predicted molar refractivity (Wildman–Crippen MR) is 143 cm³/mol. The summed E-state index contributed by atoms with van der Waals surface area (Å²) in [4.78, 5) is 13.9. The van der Waals surface area contributed by atoms with Crippen molar-refractivity contribution in [3.8, 4) is 0 Å². The van der Waals surface area contributed by atoms with Crippen LogP contribution >= 0.6 is 0 Å². The molecule has 1 aromatic rings. The summed E-state index contributed by atoms with van der Waals surface area (Å²) in [5.74, 6) is 0. The van der Waals surface area contributed by atoms with E-state index < -0.39 is 31.6 Å². The van der Waals surface area contributed by atoms with Gasteiger partial charge in [-0.3, -0.25) is 0 Å². The number of rotatable bonds is 16. The molecule has 5 heteroatoms. The summed E-state index contributed by atoms with van der Waals surface area (Å²) in [7, 11) is 0. The van der Waals surface area contributed by atoms with Crippen LogP contribution in [-0.2, 0) is 0 Å². The van der Waals surface area contributed by atoms with Crippen molar-refractivity contribution in [1.82, 2.24) is 0 Å². The van der Waals surface area contributed by atoms with E-state index in [4.69, 9.17) is 0 Å². The van der Waals surface area contributed by atoms with Crippen LogP contribution in [0.15, 0.2) is 29.2 Å². The average molecular weight is 597 g/mol. The van der Waals surface area contributed by atoms with E-state index >= 15 is 0 Å². The van der Waals surface area contributed by atoms with E-state index in [1.54, 1.807) is 15.7 Å². The first-order chi connectivity index (χ1) is 14.9. The Morgan fingerprint density at radius 1 is 0.839 bits per heavy atom. The number of benzene rings is 1. The van der Waals surface area contributed by atoms with Gasteiger partial charge in [0.25, 0.3) is 0 Å². The molecule has 31 heavy (non-hydrogen) atoms. The Labute approximate surface area is 198 Å². The number of hydrogen-bond donors (Lipinski definition) is 0. The second kappa shape index (κ2) is 14.8. The van der Waals surface area contributed by atoms with Crippen molar-refractivity contribution < 1.29 is 4.92 Å². The Bertz CT molecular complexity index is 653. The fourth-order valence-electron chi connectivity index (χ4n) is 4.99. The average Bonchev–Trinajstić information content (AvgIpc) is 2.80. The topological polar surface area (TPSA) is 43.1 Å². The van der Waals surface area contributed by atoms with E-state index in [-0.39, 0.29) is 10.6 Å². The van der Waals surface area contributed by atoms with Crippen LogP contribution in [0.5, 0.6) is 0 Å². The third kappa shape index (κ3) is 8.21. The van der Waals surface area contributed by atoms with E-state index in [9.17, 15) is 10.1 Å².